The van der Waals surface area contributed by atoms with Crippen LogP contribution in [0.25, 0.3) is 0 Å². The lowest BCUT2D eigenvalue weighted by molar-refractivity contribution is 0.0959. The van der Waals surface area contributed by atoms with E-state index >= 15 is 0 Å². The number of hydrogen-bond donors (Lipinski definition) is 3. The van der Waals surface area contributed by atoms with Crippen LogP contribution in [0.1, 0.15) is 60.5 Å². The molecule has 1 rings (SSSR count). The van der Waals surface area contributed by atoms with Gasteiger partial charge in [-0.2, -0.15) is 0 Å². The standard InChI is InChI=1S/C15H23N3O2/c1-5-6-13(16)18-15(20)14-11(7-9(2)3)12(8-17-14)10(4)19/h6,8-9,17H,5,7,16H2,1-4H3,(H,18,20)/b13-6+. The lowest BCUT2D eigenvalue weighted by Crippen LogP contribution is -2.28. The smallest absolute Gasteiger partial charge is 0.273 e. The second-order valence-corrected chi connectivity index (χ2v) is 5.23. The van der Waals surface area contributed by atoms with Gasteiger partial charge in [-0.25, -0.2) is 0 Å². The summed E-state index contributed by atoms with van der Waals surface area (Å²) in [6.45, 7) is 7.53. The summed E-state index contributed by atoms with van der Waals surface area (Å²) in [6.07, 6.45) is 4.73. The molecule has 0 unspecified atom stereocenters. The van der Waals surface area contributed by atoms with Gasteiger partial charge in [0.15, 0.2) is 5.78 Å². The van der Waals surface area contributed by atoms with Crippen molar-refractivity contribution in [3.05, 3.63) is 34.9 Å². The Hall–Kier alpha value is -2.04. The molecule has 1 amide bonds. The maximum atomic E-state index is 12.2. The van der Waals surface area contributed by atoms with E-state index in [-0.39, 0.29) is 11.7 Å². The van der Waals surface area contributed by atoms with E-state index in [1.54, 1.807) is 12.3 Å². The number of allylic oxidation sites excluding steroid dienone is 1. The molecule has 0 aliphatic rings. The second-order valence-electron chi connectivity index (χ2n) is 5.23. The Morgan fingerprint density at radius 1 is 1.45 bits per heavy atom. The number of aromatic nitrogens is 1. The maximum Gasteiger partial charge on any atom is 0.273 e. The van der Waals surface area contributed by atoms with Crippen molar-refractivity contribution in [3.63, 3.8) is 0 Å². The number of H-pyrrole nitrogens is 1. The number of aromatic amines is 1. The van der Waals surface area contributed by atoms with Crippen molar-refractivity contribution in [2.45, 2.75) is 40.5 Å². The third-order valence-electron chi connectivity index (χ3n) is 2.89. The van der Waals surface area contributed by atoms with Gasteiger partial charge in [-0.1, -0.05) is 20.8 Å². The van der Waals surface area contributed by atoms with E-state index in [0.29, 0.717) is 29.4 Å². The van der Waals surface area contributed by atoms with Gasteiger partial charge in [-0.15, -0.1) is 0 Å². The van der Waals surface area contributed by atoms with E-state index in [2.05, 4.69) is 10.3 Å². The number of carbonyl (C=O) groups excluding carboxylic acids is 2. The molecule has 1 aromatic heterocycles. The minimum Gasteiger partial charge on any atom is -0.385 e. The fraction of sp³-hybridized carbons (Fsp3) is 0.467. The summed E-state index contributed by atoms with van der Waals surface area (Å²) in [6, 6.07) is 0. The van der Waals surface area contributed by atoms with Crippen LogP contribution in [0, 0.1) is 5.92 Å². The summed E-state index contributed by atoms with van der Waals surface area (Å²) in [7, 11) is 0. The predicted molar refractivity (Wildman–Crippen MR) is 79.4 cm³/mol. The average Bonchev–Trinajstić information content (AvgIpc) is 2.71. The van der Waals surface area contributed by atoms with Gasteiger partial charge in [0.25, 0.3) is 5.91 Å². The van der Waals surface area contributed by atoms with Crippen LogP contribution >= 0.6 is 0 Å². The summed E-state index contributed by atoms with van der Waals surface area (Å²) in [4.78, 5) is 26.7. The van der Waals surface area contributed by atoms with Crippen molar-refractivity contribution in [1.82, 2.24) is 10.3 Å². The van der Waals surface area contributed by atoms with Crippen LogP contribution in [-0.4, -0.2) is 16.7 Å². The summed E-state index contributed by atoms with van der Waals surface area (Å²) < 4.78 is 0. The number of hydrogen-bond acceptors (Lipinski definition) is 3. The average molecular weight is 277 g/mol. The zero-order chi connectivity index (χ0) is 15.3. The summed E-state index contributed by atoms with van der Waals surface area (Å²) in [5.41, 5.74) is 7.43. The molecule has 5 nitrogen and oxygen atoms in total. The molecule has 0 radical (unpaired) electrons. The Balaban J connectivity index is 3.08. The fourth-order valence-corrected chi connectivity index (χ4v) is 2.05. The number of nitrogens with two attached hydrogens (primary N) is 1. The van der Waals surface area contributed by atoms with Gasteiger partial charge in [-0.05, 0) is 37.3 Å². The molecular formula is C15H23N3O2. The molecule has 0 saturated heterocycles. The quantitative estimate of drug-likeness (QED) is 0.697. The van der Waals surface area contributed by atoms with E-state index in [9.17, 15) is 9.59 Å². The molecule has 0 saturated carbocycles. The lowest BCUT2D eigenvalue weighted by Gasteiger charge is -2.09. The van der Waals surface area contributed by atoms with Crippen molar-refractivity contribution in [1.29, 1.82) is 0 Å². The molecule has 0 aliphatic heterocycles. The zero-order valence-electron chi connectivity index (χ0n) is 12.5. The zero-order valence-corrected chi connectivity index (χ0v) is 12.5. The minimum absolute atomic E-state index is 0.0481. The van der Waals surface area contributed by atoms with Crippen molar-refractivity contribution < 1.29 is 9.59 Å². The Kier molecular flexibility index (Phi) is 5.55. The highest BCUT2D eigenvalue weighted by molar-refractivity contribution is 6.02. The normalized spacial score (nSPS) is 11.8. The van der Waals surface area contributed by atoms with Crippen LogP contribution in [-0.2, 0) is 6.42 Å². The fourth-order valence-electron chi connectivity index (χ4n) is 2.05. The molecule has 0 fully saturated rings. The topological polar surface area (TPSA) is 88.0 Å². The van der Waals surface area contributed by atoms with E-state index in [0.717, 1.165) is 12.0 Å². The maximum absolute atomic E-state index is 12.2. The van der Waals surface area contributed by atoms with E-state index in [4.69, 9.17) is 5.73 Å². The molecule has 0 bridgehead atoms. The van der Waals surface area contributed by atoms with Crippen LogP contribution in [0.15, 0.2) is 18.1 Å². The van der Waals surface area contributed by atoms with Gasteiger partial charge in [0, 0.05) is 11.8 Å². The van der Waals surface area contributed by atoms with Gasteiger partial charge in [-0.3, -0.25) is 9.59 Å². The monoisotopic (exact) mass is 277 g/mol. The van der Waals surface area contributed by atoms with Crippen LogP contribution in [0.5, 0.6) is 0 Å². The molecule has 1 aromatic rings. The van der Waals surface area contributed by atoms with Gasteiger partial charge < -0.3 is 16.0 Å². The Morgan fingerprint density at radius 2 is 2.10 bits per heavy atom. The molecule has 0 spiro atoms. The Labute approximate surface area is 119 Å². The largest absolute Gasteiger partial charge is 0.385 e. The van der Waals surface area contributed by atoms with Gasteiger partial charge >= 0.3 is 0 Å². The molecule has 5 heteroatoms. The lowest BCUT2D eigenvalue weighted by atomic mass is 9.97. The molecule has 0 aliphatic carbocycles. The number of nitrogens with one attached hydrogen (secondary N) is 2. The first-order chi connectivity index (χ1) is 9.36. The SMILES string of the molecule is CC/C=C(\N)NC(=O)c1[nH]cc(C(C)=O)c1CC(C)C. The molecule has 20 heavy (non-hydrogen) atoms. The van der Waals surface area contributed by atoms with Gasteiger partial charge in [0.1, 0.15) is 5.69 Å². The highest BCUT2D eigenvalue weighted by Gasteiger charge is 2.20. The summed E-state index contributed by atoms with van der Waals surface area (Å²) in [5.74, 6) is 0.314. The van der Waals surface area contributed by atoms with Gasteiger partial charge in [0.05, 0.1) is 5.82 Å². The minimum atomic E-state index is -0.310. The summed E-state index contributed by atoms with van der Waals surface area (Å²) in [5, 5.41) is 2.62. The number of amides is 1. The highest BCUT2D eigenvalue weighted by atomic mass is 16.2. The van der Waals surface area contributed by atoms with E-state index in [1.165, 1.54) is 6.92 Å². The second kappa shape index (κ2) is 6.93. The Bertz CT molecular complexity index is 527. The number of carbonyl (C=O) groups is 2. The molecule has 4 N–H and O–H groups in total. The van der Waals surface area contributed by atoms with Crippen molar-refractivity contribution in [3.8, 4) is 0 Å². The first kappa shape index (κ1) is 16.0. The number of rotatable bonds is 6. The number of ketones is 1. The molecule has 0 atom stereocenters. The Morgan fingerprint density at radius 3 is 2.60 bits per heavy atom. The number of Topliss-reactive ketones (excluding diaryl/α,β-unsaturated/α-hetero) is 1. The van der Waals surface area contributed by atoms with Crippen molar-refractivity contribution in [2.24, 2.45) is 11.7 Å². The van der Waals surface area contributed by atoms with Crippen LogP contribution < -0.4 is 11.1 Å². The first-order valence-corrected chi connectivity index (χ1v) is 6.84. The predicted octanol–water partition coefficient (Wildman–Crippen LogP) is 2.36. The van der Waals surface area contributed by atoms with Crippen molar-refractivity contribution >= 4 is 11.7 Å². The highest BCUT2D eigenvalue weighted by Crippen LogP contribution is 2.19. The van der Waals surface area contributed by atoms with Crippen LogP contribution in [0.3, 0.4) is 0 Å². The molecule has 0 aromatic carbocycles. The van der Waals surface area contributed by atoms with E-state index in [1.807, 2.05) is 20.8 Å². The molecule has 1 heterocycles. The summed E-state index contributed by atoms with van der Waals surface area (Å²) >= 11 is 0. The first-order valence-electron chi connectivity index (χ1n) is 6.84. The van der Waals surface area contributed by atoms with Crippen LogP contribution in [0.4, 0.5) is 0 Å². The van der Waals surface area contributed by atoms with Crippen LogP contribution in [0.2, 0.25) is 0 Å². The van der Waals surface area contributed by atoms with Gasteiger partial charge in [0.2, 0.25) is 0 Å². The third-order valence-corrected chi connectivity index (χ3v) is 2.89. The molecule has 110 valence electrons. The third kappa shape index (κ3) is 3.98. The molecular weight excluding hydrogens is 254 g/mol. The van der Waals surface area contributed by atoms with Crippen molar-refractivity contribution in [2.75, 3.05) is 0 Å². The van der Waals surface area contributed by atoms with E-state index < -0.39 is 0 Å².